The van der Waals surface area contributed by atoms with Crippen molar-refractivity contribution in [2.24, 2.45) is 0 Å². The predicted octanol–water partition coefficient (Wildman–Crippen LogP) is 2.06. The molecule has 19 heavy (non-hydrogen) atoms. The number of halogens is 3. The van der Waals surface area contributed by atoms with Gasteiger partial charge in [0.05, 0.1) is 6.20 Å². The lowest BCUT2D eigenvalue weighted by Gasteiger charge is -2.07. The Hall–Kier alpha value is -2.09. The fraction of sp³-hybridized carbons (Fsp3) is 0. The Morgan fingerprint density at radius 3 is 2.47 bits per heavy atom. The molecule has 2 aromatic rings. The smallest absolute Gasteiger partial charge is 0.275 e. The number of H-pyrrole nitrogens is 1. The van der Waals surface area contributed by atoms with Crippen molar-refractivity contribution in [2.45, 2.75) is 0 Å². The van der Waals surface area contributed by atoms with Crippen molar-refractivity contribution in [3.05, 3.63) is 56.7 Å². The molecule has 5 nitrogen and oxygen atoms in total. The predicted molar refractivity (Wildman–Crippen MR) is 66.9 cm³/mol. The molecule has 1 heterocycles. The highest BCUT2D eigenvalue weighted by molar-refractivity contribution is 9.10. The molecule has 1 aromatic carbocycles. The molecule has 0 spiro atoms. The van der Waals surface area contributed by atoms with E-state index < -0.39 is 28.8 Å². The lowest BCUT2D eigenvalue weighted by molar-refractivity contribution is 0.102. The topological polar surface area (TPSA) is 74.8 Å². The summed E-state index contributed by atoms with van der Waals surface area (Å²) in [4.78, 5) is 28.2. The third-order valence-electron chi connectivity index (χ3n) is 2.15. The summed E-state index contributed by atoms with van der Waals surface area (Å²) in [7, 11) is 0. The van der Waals surface area contributed by atoms with E-state index in [1.165, 1.54) is 0 Å². The number of hydrogen-bond acceptors (Lipinski definition) is 3. The largest absolute Gasteiger partial charge is 0.325 e. The zero-order chi connectivity index (χ0) is 14.0. The van der Waals surface area contributed by atoms with Crippen LogP contribution in [0.2, 0.25) is 0 Å². The Labute approximate surface area is 113 Å². The van der Waals surface area contributed by atoms with Crippen molar-refractivity contribution in [2.75, 3.05) is 5.32 Å². The molecular weight excluding hydrogens is 324 g/mol. The van der Waals surface area contributed by atoms with E-state index in [0.717, 1.165) is 24.5 Å². The first-order chi connectivity index (χ1) is 8.97. The van der Waals surface area contributed by atoms with Gasteiger partial charge in [0.1, 0.15) is 11.4 Å². The SMILES string of the molecule is O=C(Nc1c(F)cc(Br)cc1F)c1c[nH]c(=O)cn1. The summed E-state index contributed by atoms with van der Waals surface area (Å²) in [5.41, 5.74) is -1.24. The fourth-order valence-electron chi connectivity index (χ4n) is 1.31. The van der Waals surface area contributed by atoms with E-state index in [1.54, 1.807) is 0 Å². The molecule has 1 amide bonds. The van der Waals surface area contributed by atoms with Crippen molar-refractivity contribution in [1.29, 1.82) is 0 Å². The van der Waals surface area contributed by atoms with Crippen LogP contribution in [0.3, 0.4) is 0 Å². The van der Waals surface area contributed by atoms with E-state index >= 15 is 0 Å². The van der Waals surface area contributed by atoms with Gasteiger partial charge in [0.2, 0.25) is 0 Å². The van der Waals surface area contributed by atoms with Gasteiger partial charge >= 0.3 is 0 Å². The summed E-state index contributed by atoms with van der Waals surface area (Å²) in [6, 6.07) is 2.03. The molecular formula is C11H6BrF2N3O2. The molecule has 0 bridgehead atoms. The van der Waals surface area contributed by atoms with Gasteiger partial charge in [-0.3, -0.25) is 9.59 Å². The number of aromatic nitrogens is 2. The van der Waals surface area contributed by atoms with Crippen LogP contribution in [0.1, 0.15) is 10.5 Å². The van der Waals surface area contributed by atoms with E-state index in [4.69, 9.17) is 0 Å². The lowest BCUT2D eigenvalue weighted by atomic mass is 10.2. The quantitative estimate of drug-likeness (QED) is 0.885. The van der Waals surface area contributed by atoms with E-state index in [9.17, 15) is 18.4 Å². The third kappa shape index (κ3) is 3.02. The van der Waals surface area contributed by atoms with Gasteiger partial charge in [-0.2, -0.15) is 0 Å². The Morgan fingerprint density at radius 2 is 1.95 bits per heavy atom. The highest BCUT2D eigenvalue weighted by Crippen LogP contribution is 2.23. The van der Waals surface area contributed by atoms with Crippen LogP contribution >= 0.6 is 15.9 Å². The van der Waals surface area contributed by atoms with Gasteiger partial charge in [-0.05, 0) is 12.1 Å². The standard InChI is InChI=1S/C11H6BrF2N3O2/c12-5-1-6(13)10(7(14)2-5)17-11(19)8-3-16-9(18)4-15-8/h1-4H,(H,16,18)(H,17,19). The monoisotopic (exact) mass is 329 g/mol. The van der Waals surface area contributed by atoms with Gasteiger partial charge in [0, 0.05) is 10.7 Å². The minimum absolute atomic E-state index is 0.165. The van der Waals surface area contributed by atoms with E-state index in [-0.39, 0.29) is 10.2 Å². The van der Waals surface area contributed by atoms with Crippen molar-refractivity contribution < 1.29 is 13.6 Å². The van der Waals surface area contributed by atoms with Crippen LogP contribution < -0.4 is 10.9 Å². The molecule has 0 saturated carbocycles. The number of aromatic amines is 1. The molecule has 98 valence electrons. The second kappa shape index (κ2) is 5.27. The first-order valence-corrected chi connectivity index (χ1v) is 5.77. The Morgan fingerprint density at radius 1 is 1.32 bits per heavy atom. The molecule has 8 heteroatoms. The van der Waals surface area contributed by atoms with Crippen LogP contribution in [-0.4, -0.2) is 15.9 Å². The van der Waals surface area contributed by atoms with Crippen LogP contribution in [0.25, 0.3) is 0 Å². The van der Waals surface area contributed by atoms with Crippen molar-refractivity contribution in [3.63, 3.8) is 0 Å². The maximum Gasteiger partial charge on any atom is 0.275 e. The fourth-order valence-corrected chi connectivity index (χ4v) is 1.71. The number of anilines is 1. The number of nitrogens with one attached hydrogen (secondary N) is 2. The Balaban J connectivity index is 2.29. The van der Waals surface area contributed by atoms with Crippen LogP contribution in [0, 0.1) is 11.6 Å². The Bertz CT molecular complexity index is 659. The van der Waals surface area contributed by atoms with Crippen LogP contribution in [-0.2, 0) is 0 Å². The van der Waals surface area contributed by atoms with Crippen LogP contribution in [0.15, 0.2) is 33.8 Å². The van der Waals surface area contributed by atoms with E-state index in [0.29, 0.717) is 0 Å². The summed E-state index contributed by atoms with van der Waals surface area (Å²) in [5, 5.41) is 2.05. The summed E-state index contributed by atoms with van der Waals surface area (Å²) in [6.45, 7) is 0. The number of carbonyl (C=O) groups excluding carboxylic acids is 1. The average Bonchev–Trinajstić information content (AvgIpc) is 2.34. The van der Waals surface area contributed by atoms with Gasteiger partial charge in [-0.15, -0.1) is 0 Å². The van der Waals surface area contributed by atoms with Gasteiger partial charge < -0.3 is 10.3 Å². The number of hydrogen-bond donors (Lipinski definition) is 2. The molecule has 2 rings (SSSR count). The molecule has 0 radical (unpaired) electrons. The number of benzene rings is 1. The minimum atomic E-state index is -0.926. The molecule has 0 atom stereocenters. The number of carbonyl (C=O) groups is 1. The summed E-state index contributed by atoms with van der Waals surface area (Å²) < 4.78 is 27.2. The summed E-state index contributed by atoms with van der Waals surface area (Å²) in [6.07, 6.45) is 1.94. The molecule has 0 unspecified atom stereocenters. The molecule has 0 fully saturated rings. The second-order valence-corrected chi connectivity index (χ2v) is 4.41. The molecule has 2 N–H and O–H groups in total. The van der Waals surface area contributed by atoms with Crippen LogP contribution in [0.4, 0.5) is 14.5 Å². The first kappa shape index (κ1) is 13.3. The molecule has 1 aromatic heterocycles. The van der Waals surface area contributed by atoms with Gasteiger partial charge in [-0.25, -0.2) is 13.8 Å². The van der Waals surface area contributed by atoms with Gasteiger partial charge in [0.25, 0.3) is 11.5 Å². The average molecular weight is 330 g/mol. The van der Waals surface area contributed by atoms with Crippen molar-refractivity contribution in [1.82, 2.24) is 9.97 Å². The highest BCUT2D eigenvalue weighted by Gasteiger charge is 2.15. The van der Waals surface area contributed by atoms with Gasteiger partial charge in [-0.1, -0.05) is 15.9 Å². The molecule has 0 aliphatic heterocycles. The normalized spacial score (nSPS) is 10.3. The second-order valence-electron chi connectivity index (χ2n) is 3.49. The van der Waals surface area contributed by atoms with Gasteiger partial charge in [0.15, 0.2) is 11.6 Å². The van der Waals surface area contributed by atoms with E-state index in [1.807, 2.05) is 5.32 Å². The maximum atomic E-state index is 13.5. The highest BCUT2D eigenvalue weighted by atomic mass is 79.9. The first-order valence-electron chi connectivity index (χ1n) is 4.98. The minimum Gasteiger partial charge on any atom is -0.325 e. The number of amides is 1. The number of rotatable bonds is 2. The lowest BCUT2D eigenvalue weighted by Crippen LogP contribution is -2.18. The van der Waals surface area contributed by atoms with E-state index in [2.05, 4.69) is 25.9 Å². The molecule has 0 aliphatic rings. The van der Waals surface area contributed by atoms with Crippen LogP contribution in [0.5, 0.6) is 0 Å². The third-order valence-corrected chi connectivity index (χ3v) is 2.61. The Kier molecular flexibility index (Phi) is 3.70. The maximum absolute atomic E-state index is 13.5. The zero-order valence-corrected chi connectivity index (χ0v) is 10.8. The van der Waals surface area contributed by atoms with Crippen molar-refractivity contribution >= 4 is 27.5 Å². The molecule has 0 saturated heterocycles. The number of nitrogens with zero attached hydrogens (tertiary/aromatic N) is 1. The zero-order valence-electron chi connectivity index (χ0n) is 9.21. The molecule has 0 aliphatic carbocycles. The summed E-state index contributed by atoms with van der Waals surface area (Å²) >= 11 is 2.92. The van der Waals surface area contributed by atoms with Crippen molar-refractivity contribution in [3.8, 4) is 0 Å². The summed E-state index contributed by atoms with van der Waals surface area (Å²) in [5.74, 6) is -2.69.